The molecule has 4 rings (SSSR count). The zero-order chi connectivity index (χ0) is 16.8. The second-order valence-electron chi connectivity index (χ2n) is 6.12. The Kier molecular flexibility index (Phi) is 3.33. The van der Waals surface area contributed by atoms with Crippen LogP contribution >= 0.6 is 0 Å². The lowest BCUT2D eigenvalue weighted by atomic mass is 10.0. The number of hydrogen-bond acceptors (Lipinski definition) is 2. The maximum atomic E-state index is 13.3. The van der Waals surface area contributed by atoms with Crippen molar-refractivity contribution in [2.75, 3.05) is 5.32 Å². The largest absolute Gasteiger partial charge is 0.309 e. The number of hydrogen-bond donors (Lipinski definition) is 1. The van der Waals surface area contributed by atoms with Crippen molar-refractivity contribution in [3.8, 4) is 11.1 Å². The minimum atomic E-state index is -1.03. The van der Waals surface area contributed by atoms with E-state index in [2.05, 4.69) is 10.3 Å². The van der Waals surface area contributed by atoms with Crippen LogP contribution < -0.4 is 5.32 Å². The lowest BCUT2D eigenvalue weighted by Crippen LogP contribution is -2.15. The van der Waals surface area contributed by atoms with E-state index in [0.29, 0.717) is 11.5 Å². The molecule has 0 spiro atoms. The number of aryl methyl sites for hydroxylation is 1. The molecule has 24 heavy (non-hydrogen) atoms. The summed E-state index contributed by atoms with van der Waals surface area (Å²) < 4.78 is 28.0. The van der Waals surface area contributed by atoms with Gasteiger partial charge in [0.15, 0.2) is 5.82 Å². The first-order valence-electron chi connectivity index (χ1n) is 7.71. The molecule has 3 aromatic rings. The van der Waals surface area contributed by atoms with Gasteiger partial charge in [-0.1, -0.05) is 6.07 Å². The summed E-state index contributed by atoms with van der Waals surface area (Å²) in [5.74, 6) is -0.754. The van der Waals surface area contributed by atoms with Gasteiger partial charge in [-0.15, -0.1) is 0 Å². The average molecular weight is 327 g/mol. The molecular weight excluding hydrogens is 312 g/mol. The monoisotopic (exact) mass is 327 g/mol. The second-order valence-corrected chi connectivity index (χ2v) is 6.12. The summed E-state index contributed by atoms with van der Waals surface area (Å²) in [5, 5.41) is 2.64. The molecule has 0 unspecified atom stereocenters. The summed E-state index contributed by atoms with van der Waals surface area (Å²) in [5.41, 5.74) is 3.35. The number of carbonyl (C=O) groups is 1. The van der Waals surface area contributed by atoms with Gasteiger partial charge in [-0.25, -0.2) is 13.8 Å². The Hall–Kier alpha value is -2.76. The van der Waals surface area contributed by atoms with Gasteiger partial charge in [0.2, 0.25) is 5.91 Å². The fraction of sp³-hybridized carbons (Fsp3) is 0.222. The third-order valence-electron chi connectivity index (χ3n) is 4.25. The summed E-state index contributed by atoms with van der Waals surface area (Å²) in [7, 11) is 0. The molecule has 1 amide bonds. The van der Waals surface area contributed by atoms with Gasteiger partial charge in [-0.2, -0.15) is 0 Å². The molecule has 1 saturated carbocycles. The molecule has 2 heterocycles. The minimum Gasteiger partial charge on any atom is -0.309 e. The van der Waals surface area contributed by atoms with Gasteiger partial charge in [0.25, 0.3) is 0 Å². The van der Waals surface area contributed by atoms with Gasteiger partial charge >= 0.3 is 0 Å². The maximum Gasteiger partial charge on any atom is 0.231 e. The number of pyridine rings is 1. The zero-order valence-corrected chi connectivity index (χ0v) is 13.0. The van der Waals surface area contributed by atoms with Gasteiger partial charge in [-0.3, -0.25) is 4.79 Å². The Morgan fingerprint density at radius 1 is 1.29 bits per heavy atom. The number of imidazole rings is 1. The van der Waals surface area contributed by atoms with Gasteiger partial charge in [0.05, 0.1) is 12.1 Å². The van der Waals surface area contributed by atoms with Crippen molar-refractivity contribution >= 4 is 17.4 Å². The van der Waals surface area contributed by atoms with E-state index < -0.39 is 12.1 Å². The summed E-state index contributed by atoms with van der Waals surface area (Å²) in [4.78, 5) is 16.1. The number of nitrogens with zero attached hydrogens (tertiary/aromatic N) is 2. The van der Waals surface area contributed by atoms with E-state index in [0.717, 1.165) is 16.7 Å². The quantitative estimate of drug-likeness (QED) is 0.796. The van der Waals surface area contributed by atoms with Crippen molar-refractivity contribution in [2.24, 2.45) is 5.92 Å². The summed E-state index contributed by atoms with van der Waals surface area (Å²) in [6, 6.07) is 8.37. The van der Waals surface area contributed by atoms with Crippen molar-refractivity contribution in [2.45, 2.75) is 19.5 Å². The van der Waals surface area contributed by atoms with Crippen LogP contribution in [-0.4, -0.2) is 21.5 Å². The van der Waals surface area contributed by atoms with E-state index in [1.54, 1.807) is 16.7 Å². The molecule has 1 aromatic carbocycles. The fourth-order valence-electron chi connectivity index (χ4n) is 2.82. The molecule has 2 atom stereocenters. The Labute approximate surface area is 137 Å². The predicted octanol–water partition coefficient (Wildman–Crippen LogP) is 3.75. The molecule has 0 bridgehead atoms. The van der Waals surface area contributed by atoms with Crippen LogP contribution in [-0.2, 0) is 4.79 Å². The summed E-state index contributed by atoms with van der Waals surface area (Å²) in [6.07, 6.45) is 2.81. The van der Waals surface area contributed by atoms with Crippen LogP contribution in [0.25, 0.3) is 16.8 Å². The van der Waals surface area contributed by atoms with E-state index in [1.165, 1.54) is 12.1 Å². The third kappa shape index (κ3) is 2.64. The summed E-state index contributed by atoms with van der Waals surface area (Å²) >= 11 is 0. The number of fused-ring (bicyclic) bond motifs is 1. The van der Waals surface area contributed by atoms with Gasteiger partial charge in [-0.05, 0) is 54.3 Å². The smallest absolute Gasteiger partial charge is 0.231 e. The first kappa shape index (κ1) is 14.8. The molecule has 0 radical (unpaired) electrons. The Morgan fingerprint density at radius 3 is 2.79 bits per heavy atom. The predicted molar refractivity (Wildman–Crippen MR) is 87.0 cm³/mol. The first-order valence-corrected chi connectivity index (χ1v) is 7.71. The Balaban J connectivity index is 1.64. The highest BCUT2D eigenvalue weighted by atomic mass is 19.1. The van der Waals surface area contributed by atoms with Crippen LogP contribution in [0.15, 0.2) is 42.7 Å². The van der Waals surface area contributed by atoms with Crippen LogP contribution in [0.2, 0.25) is 0 Å². The number of benzene rings is 1. The van der Waals surface area contributed by atoms with Gasteiger partial charge in [0, 0.05) is 6.20 Å². The molecular formula is C18H15F2N3O. The van der Waals surface area contributed by atoms with Crippen molar-refractivity contribution < 1.29 is 13.6 Å². The molecule has 1 aliphatic rings. The van der Waals surface area contributed by atoms with Crippen LogP contribution in [0.4, 0.5) is 14.6 Å². The standard InChI is InChI=1S/C18H15F2N3O/c1-10-6-12(19)3-4-13(10)11-2-5-17-21-16(9-23(17)8-11)22-18(24)14-7-15(14)20/h2-6,8-9,14-15H,7H2,1H3,(H,22,24)/t14-,15+/m1/s1. The molecule has 0 saturated heterocycles. The van der Waals surface area contributed by atoms with Crippen molar-refractivity contribution in [1.82, 2.24) is 9.38 Å². The van der Waals surface area contributed by atoms with Gasteiger partial charge in [0.1, 0.15) is 17.6 Å². The van der Waals surface area contributed by atoms with E-state index in [-0.39, 0.29) is 18.1 Å². The highest BCUT2D eigenvalue weighted by molar-refractivity contribution is 5.94. The summed E-state index contributed by atoms with van der Waals surface area (Å²) in [6.45, 7) is 1.85. The Morgan fingerprint density at radius 2 is 2.08 bits per heavy atom. The number of alkyl halides is 1. The van der Waals surface area contributed by atoms with Crippen LogP contribution in [0.1, 0.15) is 12.0 Å². The lowest BCUT2D eigenvalue weighted by molar-refractivity contribution is -0.117. The number of nitrogens with one attached hydrogen (secondary N) is 1. The van der Waals surface area contributed by atoms with Crippen molar-refractivity contribution in [1.29, 1.82) is 0 Å². The normalized spacial score (nSPS) is 19.5. The molecule has 1 aliphatic carbocycles. The molecule has 4 nitrogen and oxygen atoms in total. The first-order chi connectivity index (χ1) is 11.5. The average Bonchev–Trinajstić information content (AvgIpc) is 3.13. The van der Waals surface area contributed by atoms with E-state index in [4.69, 9.17) is 0 Å². The molecule has 6 heteroatoms. The third-order valence-corrected chi connectivity index (χ3v) is 4.25. The fourth-order valence-corrected chi connectivity index (χ4v) is 2.82. The SMILES string of the molecule is Cc1cc(F)ccc1-c1ccc2nc(NC(=O)[C@@H]3C[C@@H]3F)cn2c1. The minimum absolute atomic E-state index is 0.267. The molecule has 1 fully saturated rings. The highest BCUT2D eigenvalue weighted by Gasteiger charge is 2.43. The molecule has 2 aromatic heterocycles. The molecule has 122 valence electrons. The maximum absolute atomic E-state index is 13.3. The molecule has 1 N–H and O–H groups in total. The van der Waals surface area contributed by atoms with Crippen molar-refractivity contribution in [3.05, 3.63) is 54.1 Å². The van der Waals surface area contributed by atoms with Crippen molar-refractivity contribution in [3.63, 3.8) is 0 Å². The molecule has 0 aliphatic heterocycles. The topological polar surface area (TPSA) is 46.4 Å². The number of amides is 1. The number of carbonyl (C=O) groups excluding carboxylic acids is 1. The number of rotatable bonds is 3. The highest BCUT2D eigenvalue weighted by Crippen LogP contribution is 2.34. The van der Waals surface area contributed by atoms with E-state index >= 15 is 0 Å². The van der Waals surface area contributed by atoms with E-state index in [9.17, 15) is 13.6 Å². The van der Waals surface area contributed by atoms with Crippen LogP contribution in [0.5, 0.6) is 0 Å². The van der Waals surface area contributed by atoms with Gasteiger partial charge < -0.3 is 9.72 Å². The number of anilines is 1. The Bertz CT molecular complexity index is 951. The van der Waals surface area contributed by atoms with E-state index in [1.807, 2.05) is 25.3 Å². The second kappa shape index (κ2) is 5.40. The zero-order valence-electron chi connectivity index (χ0n) is 13.0. The number of halogens is 2. The van der Waals surface area contributed by atoms with Crippen LogP contribution in [0, 0.1) is 18.7 Å². The van der Waals surface area contributed by atoms with Crippen LogP contribution in [0.3, 0.4) is 0 Å². The lowest BCUT2D eigenvalue weighted by Gasteiger charge is -2.06. The number of aromatic nitrogens is 2.